The third-order valence-corrected chi connectivity index (χ3v) is 5.70. The van der Waals surface area contributed by atoms with E-state index in [9.17, 15) is 14.7 Å². The van der Waals surface area contributed by atoms with Crippen molar-refractivity contribution in [2.75, 3.05) is 35.4 Å². The van der Waals surface area contributed by atoms with Crippen LogP contribution in [0.4, 0.5) is 22.7 Å². The van der Waals surface area contributed by atoms with Crippen molar-refractivity contribution in [3.05, 3.63) is 48.0 Å². The molecule has 1 amide bonds. The Bertz CT molecular complexity index is 939. The summed E-state index contributed by atoms with van der Waals surface area (Å²) in [7, 11) is 1.81. The molecule has 152 valence electrons. The highest BCUT2D eigenvalue weighted by Gasteiger charge is 2.37. The quantitative estimate of drug-likeness (QED) is 0.825. The minimum atomic E-state index is -0.959. The van der Waals surface area contributed by atoms with E-state index < -0.39 is 5.97 Å². The Kier molecular flexibility index (Phi) is 5.15. The van der Waals surface area contributed by atoms with E-state index in [-0.39, 0.29) is 23.6 Å². The summed E-state index contributed by atoms with van der Waals surface area (Å²) in [6.45, 7) is 3.36. The zero-order chi connectivity index (χ0) is 20.5. The molecule has 2 aromatic rings. The van der Waals surface area contributed by atoms with E-state index in [4.69, 9.17) is 4.74 Å². The molecule has 0 radical (unpaired) electrons. The highest BCUT2D eigenvalue weighted by molar-refractivity contribution is 6.05. The van der Waals surface area contributed by atoms with Gasteiger partial charge in [0.2, 0.25) is 5.91 Å². The van der Waals surface area contributed by atoms with Crippen LogP contribution in [0, 0.1) is 0 Å². The summed E-state index contributed by atoms with van der Waals surface area (Å²) < 4.78 is 5.51. The second-order valence-electron chi connectivity index (χ2n) is 7.54. The summed E-state index contributed by atoms with van der Waals surface area (Å²) in [4.78, 5) is 28.0. The topological polar surface area (TPSA) is 82.1 Å². The van der Waals surface area contributed by atoms with E-state index in [0.717, 1.165) is 29.9 Å². The zero-order valence-corrected chi connectivity index (χ0v) is 16.6. The molecule has 1 atom stereocenters. The predicted molar refractivity (Wildman–Crippen MR) is 112 cm³/mol. The Morgan fingerprint density at radius 1 is 1.10 bits per heavy atom. The highest BCUT2D eigenvalue weighted by Crippen LogP contribution is 2.40. The van der Waals surface area contributed by atoms with Crippen molar-refractivity contribution in [1.82, 2.24) is 0 Å². The first-order valence-electron chi connectivity index (χ1n) is 9.84. The molecule has 2 aliphatic rings. The fraction of sp³-hybridized carbons (Fsp3) is 0.364. The number of carboxylic acid groups (broad SMARTS) is 1. The molecule has 0 aromatic heterocycles. The molecule has 1 saturated heterocycles. The van der Waals surface area contributed by atoms with Crippen molar-refractivity contribution in [3.8, 4) is 0 Å². The van der Waals surface area contributed by atoms with E-state index >= 15 is 0 Å². The maximum atomic E-state index is 12.8. The van der Waals surface area contributed by atoms with Gasteiger partial charge in [-0.2, -0.15) is 0 Å². The fourth-order valence-electron chi connectivity index (χ4n) is 4.19. The van der Waals surface area contributed by atoms with Crippen molar-refractivity contribution in [2.45, 2.75) is 31.8 Å². The molecular formula is C22H25N3O4. The van der Waals surface area contributed by atoms with Gasteiger partial charge in [-0.15, -0.1) is 0 Å². The summed E-state index contributed by atoms with van der Waals surface area (Å²) in [6.07, 6.45) is 1.78. The van der Waals surface area contributed by atoms with Gasteiger partial charge in [0, 0.05) is 37.7 Å². The fourth-order valence-corrected chi connectivity index (χ4v) is 4.19. The van der Waals surface area contributed by atoms with Gasteiger partial charge in [-0.1, -0.05) is 6.07 Å². The van der Waals surface area contributed by atoms with Crippen molar-refractivity contribution >= 4 is 34.6 Å². The van der Waals surface area contributed by atoms with E-state index in [1.807, 2.05) is 38.2 Å². The number of nitrogens with zero attached hydrogens (tertiary/aromatic N) is 2. The lowest BCUT2D eigenvalue weighted by Gasteiger charge is -2.45. The average molecular weight is 395 g/mol. The minimum absolute atomic E-state index is 0.0823. The van der Waals surface area contributed by atoms with Crippen molar-refractivity contribution < 1.29 is 19.4 Å². The number of ether oxygens (including phenoxy) is 1. The molecule has 0 bridgehead atoms. The predicted octanol–water partition coefficient (Wildman–Crippen LogP) is 3.48. The van der Waals surface area contributed by atoms with Crippen molar-refractivity contribution in [1.29, 1.82) is 0 Å². The number of anilines is 4. The van der Waals surface area contributed by atoms with E-state index in [0.29, 0.717) is 18.9 Å². The Morgan fingerprint density at radius 2 is 1.83 bits per heavy atom. The number of carbonyl (C=O) groups excluding carboxylic acids is 1. The van der Waals surface area contributed by atoms with Crippen molar-refractivity contribution in [2.24, 2.45) is 0 Å². The van der Waals surface area contributed by atoms with Gasteiger partial charge in [0.05, 0.1) is 16.9 Å². The lowest BCUT2D eigenvalue weighted by atomic mass is 9.99. The van der Waals surface area contributed by atoms with Gasteiger partial charge < -0.3 is 25.0 Å². The van der Waals surface area contributed by atoms with Crippen LogP contribution >= 0.6 is 0 Å². The number of carbonyl (C=O) groups is 2. The van der Waals surface area contributed by atoms with Gasteiger partial charge in [0.1, 0.15) is 6.04 Å². The number of rotatable bonds is 4. The standard InChI is InChI=1S/C22H25N3O4/c1-14-21(26)24(2)19-7-6-17(23-16-5-3-4-15(12-16)22(27)28)13-20(19)25(14)18-8-10-29-11-9-18/h3-7,12-14,18,23H,8-11H2,1-2H3,(H,27,28)/t14-/m1/s1. The molecular weight excluding hydrogens is 370 g/mol. The number of nitrogens with one attached hydrogen (secondary N) is 1. The van der Waals surface area contributed by atoms with Crippen LogP contribution in [0.25, 0.3) is 0 Å². The number of amides is 1. The molecule has 2 aliphatic heterocycles. The number of likely N-dealkylation sites (N-methyl/N-ethyl adjacent to an activating group) is 1. The van der Waals surface area contributed by atoms with Crippen molar-refractivity contribution in [3.63, 3.8) is 0 Å². The summed E-state index contributed by atoms with van der Waals surface area (Å²) in [6, 6.07) is 12.6. The minimum Gasteiger partial charge on any atom is -0.478 e. The molecule has 29 heavy (non-hydrogen) atoms. The third kappa shape index (κ3) is 3.65. The summed E-state index contributed by atoms with van der Waals surface area (Å²) in [5.74, 6) is -0.877. The molecule has 0 saturated carbocycles. The zero-order valence-electron chi connectivity index (χ0n) is 16.6. The number of hydrogen-bond acceptors (Lipinski definition) is 5. The summed E-state index contributed by atoms with van der Waals surface area (Å²) in [5, 5.41) is 12.5. The molecule has 2 heterocycles. The maximum absolute atomic E-state index is 12.8. The number of carboxylic acids is 1. The van der Waals surface area contributed by atoms with Gasteiger partial charge >= 0.3 is 5.97 Å². The van der Waals surface area contributed by atoms with Crippen LogP contribution in [0.15, 0.2) is 42.5 Å². The monoisotopic (exact) mass is 395 g/mol. The van der Waals surface area contributed by atoms with Gasteiger partial charge in [-0.25, -0.2) is 4.79 Å². The van der Waals surface area contributed by atoms with Crippen LogP contribution in [0.3, 0.4) is 0 Å². The van der Waals surface area contributed by atoms with Crippen LogP contribution in [-0.2, 0) is 9.53 Å². The molecule has 7 heteroatoms. The maximum Gasteiger partial charge on any atom is 0.335 e. The second-order valence-corrected chi connectivity index (χ2v) is 7.54. The third-order valence-electron chi connectivity index (χ3n) is 5.70. The first-order chi connectivity index (χ1) is 14.0. The molecule has 2 N–H and O–H groups in total. The molecule has 0 aliphatic carbocycles. The highest BCUT2D eigenvalue weighted by atomic mass is 16.5. The normalized spacial score (nSPS) is 19.8. The first kappa shape index (κ1) is 19.3. The SMILES string of the molecule is C[C@@H]1C(=O)N(C)c2ccc(Nc3cccc(C(=O)O)c3)cc2N1C1CCOCC1. The lowest BCUT2D eigenvalue weighted by Crippen LogP contribution is -2.55. The molecule has 0 spiro atoms. The summed E-state index contributed by atoms with van der Waals surface area (Å²) >= 11 is 0. The summed E-state index contributed by atoms with van der Waals surface area (Å²) in [5.41, 5.74) is 3.67. The number of fused-ring (bicyclic) bond motifs is 1. The van der Waals surface area contributed by atoms with Crippen LogP contribution in [0.1, 0.15) is 30.1 Å². The van der Waals surface area contributed by atoms with Gasteiger partial charge in [-0.05, 0) is 56.2 Å². The molecule has 0 unspecified atom stereocenters. The average Bonchev–Trinajstić information content (AvgIpc) is 2.73. The first-order valence-corrected chi connectivity index (χ1v) is 9.84. The Balaban J connectivity index is 1.69. The molecule has 7 nitrogen and oxygen atoms in total. The van der Waals surface area contributed by atoms with Crippen LogP contribution in [-0.4, -0.2) is 49.3 Å². The smallest absolute Gasteiger partial charge is 0.335 e. The largest absolute Gasteiger partial charge is 0.478 e. The van der Waals surface area contributed by atoms with Crippen LogP contribution in [0.5, 0.6) is 0 Å². The van der Waals surface area contributed by atoms with Gasteiger partial charge in [0.25, 0.3) is 0 Å². The second kappa shape index (κ2) is 7.75. The number of benzene rings is 2. The molecule has 2 aromatic carbocycles. The molecule has 4 rings (SSSR count). The van der Waals surface area contributed by atoms with E-state index in [1.54, 1.807) is 23.1 Å². The molecule has 1 fully saturated rings. The van der Waals surface area contributed by atoms with Crippen LogP contribution in [0.2, 0.25) is 0 Å². The Hall–Kier alpha value is -3.06. The number of hydrogen-bond donors (Lipinski definition) is 2. The van der Waals surface area contributed by atoms with Crippen LogP contribution < -0.4 is 15.1 Å². The van der Waals surface area contributed by atoms with Gasteiger partial charge in [0.15, 0.2) is 0 Å². The lowest BCUT2D eigenvalue weighted by molar-refractivity contribution is -0.119. The van der Waals surface area contributed by atoms with E-state index in [1.165, 1.54) is 0 Å². The number of aromatic carboxylic acids is 1. The van der Waals surface area contributed by atoms with Gasteiger partial charge in [-0.3, -0.25) is 4.79 Å². The Labute approximate surface area is 169 Å². The Morgan fingerprint density at radius 3 is 2.55 bits per heavy atom. The van der Waals surface area contributed by atoms with E-state index in [2.05, 4.69) is 10.2 Å².